The number of anilines is 3. The monoisotopic (exact) mass is 587 g/mol. The number of thiophene rings is 1. The van der Waals surface area contributed by atoms with E-state index in [1.165, 1.54) is 25.3 Å². The van der Waals surface area contributed by atoms with Gasteiger partial charge in [0.05, 0.1) is 22.4 Å². The maximum Gasteiger partial charge on any atom is 0.331 e. The number of hydrogen-bond acceptors (Lipinski definition) is 5. The molecule has 3 aromatic rings. The van der Waals surface area contributed by atoms with Crippen molar-refractivity contribution < 1.29 is 33.8 Å². The first-order valence-corrected chi connectivity index (χ1v) is 14.4. The van der Waals surface area contributed by atoms with Crippen LogP contribution in [0.1, 0.15) is 28.1 Å². The van der Waals surface area contributed by atoms with Crippen molar-refractivity contribution in [2.75, 3.05) is 23.3 Å². The fourth-order valence-corrected chi connectivity index (χ4v) is 6.52. The second-order valence-corrected chi connectivity index (χ2v) is 12.7. The highest BCUT2D eigenvalue weighted by molar-refractivity contribution is 8.45. The number of piperidine rings is 1. The van der Waals surface area contributed by atoms with Crippen molar-refractivity contribution in [2.24, 2.45) is 0 Å². The number of aryl methyl sites for hydroxylation is 1. The number of amides is 4. The van der Waals surface area contributed by atoms with Crippen molar-refractivity contribution in [1.29, 1.82) is 0 Å². The number of carbonyl (C=O) groups is 3. The molecule has 2 aliphatic rings. The Morgan fingerprint density at radius 1 is 1.21 bits per heavy atom. The number of carbonyl (C=O) groups excluding carboxylic acids is 3. The second-order valence-electron chi connectivity index (χ2n) is 9.30. The van der Waals surface area contributed by atoms with E-state index < -0.39 is 27.1 Å². The fraction of sp³-hybridized carbons (Fsp3) is 0.250. The molecule has 2 N–H and O–H groups in total. The van der Waals surface area contributed by atoms with Gasteiger partial charge in [0.25, 0.3) is 5.91 Å². The van der Waals surface area contributed by atoms with Crippen LogP contribution in [0.25, 0.3) is 10.2 Å². The van der Waals surface area contributed by atoms with E-state index >= 15 is 0 Å². The SMILES string of the molecule is C=CC(=O)N1CCC[C@@H](NC(=O)c2sc3nccc4c3c2NC(=O)N4c2ccc(S(F)(F)(F)(F)F)cc2C)C1. The molecule has 1 atom stereocenters. The zero-order valence-electron chi connectivity index (χ0n) is 20.3. The van der Waals surface area contributed by atoms with Crippen LogP contribution in [0.3, 0.4) is 0 Å². The van der Waals surface area contributed by atoms with Gasteiger partial charge in [-0.25, -0.2) is 9.78 Å². The van der Waals surface area contributed by atoms with Crippen LogP contribution in [0, 0.1) is 6.92 Å². The highest BCUT2D eigenvalue weighted by atomic mass is 32.5. The number of urea groups is 1. The van der Waals surface area contributed by atoms with Crippen LogP contribution in [0.5, 0.6) is 0 Å². The molecule has 8 nitrogen and oxygen atoms in total. The van der Waals surface area contributed by atoms with Crippen LogP contribution in [-0.4, -0.2) is 46.9 Å². The standard InChI is InChI=1S/C24H22F5N5O3S2/c1-3-18(35)33-10-4-5-14(12-33)31-22(36)21-20-19-17(8-9-30-23(19)38-21)34(24(37)32-20)16-7-6-15(11-13(16)2)39(25,26,27,28)29/h3,6-9,11,14H,1,4-5,10,12H2,2H3,(H,31,36)(H,32,37)/t14-/m1/s1. The Kier molecular flexibility index (Phi) is 5.78. The first-order chi connectivity index (χ1) is 18.1. The number of rotatable bonds is 5. The fourth-order valence-electron chi connectivity index (χ4n) is 4.78. The van der Waals surface area contributed by atoms with E-state index in [1.807, 2.05) is 0 Å². The molecule has 0 saturated carbocycles. The van der Waals surface area contributed by atoms with Crippen LogP contribution >= 0.6 is 21.6 Å². The zero-order valence-corrected chi connectivity index (χ0v) is 22.0. The number of aromatic nitrogens is 1. The minimum atomic E-state index is -9.92. The second kappa shape index (κ2) is 8.39. The minimum Gasteiger partial charge on any atom is -0.347 e. The number of halogens is 5. The lowest BCUT2D eigenvalue weighted by Gasteiger charge is -2.41. The molecule has 0 unspecified atom stereocenters. The van der Waals surface area contributed by atoms with Gasteiger partial charge in [-0.05, 0) is 55.7 Å². The highest BCUT2D eigenvalue weighted by Crippen LogP contribution is 3.02. The molecule has 0 spiro atoms. The smallest absolute Gasteiger partial charge is 0.331 e. The zero-order chi connectivity index (χ0) is 28.4. The quantitative estimate of drug-likeness (QED) is 0.252. The number of benzene rings is 1. The summed E-state index contributed by atoms with van der Waals surface area (Å²) in [5.74, 6) is -0.724. The summed E-state index contributed by atoms with van der Waals surface area (Å²) in [5.41, 5.74) is 0.182. The molecule has 1 fully saturated rings. The number of nitrogens with zero attached hydrogens (tertiary/aromatic N) is 3. The van der Waals surface area contributed by atoms with E-state index in [0.29, 0.717) is 42.2 Å². The van der Waals surface area contributed by atoms with Crippen LogP contribution in [0.2, 0.25) is 0 Å². The molecule has 2 aromatic heterocycles. The Balaban J connectivity index is 1.50. The summed E-state index contributed by atoms with van der Waals surface area (Å²) in [7, 11) is -9.92. The van der Waals surface area contributed by atoms with Gasteiger partial charge in [-0.3, -0.25) is 14.5 Å². The molecule has 5 rings (SSSR count). The molecule has 1 saturated heterocycles. The summed E-state index contributed by atoms with van der Waals surface area (Å²) in [6.07, 6.45) is 3.91. The van der Waals surface area contributed by atoms with E-state index in [9.17, 15) is 33.8 Å². The van der Waals surface area contributed by atoms with Crippen LogP contribution in [0.4, 0.5) is 41.3 Å². The molecule has 4 heterocycles. The van der Waals surface area contributed by atoms with Crippen molar-refractivity contribution in [3.63, 3.8) is 0 Å². The summed E-state index contributed by atoms with van der Waals surface area (Å²) in [5, 5.41) is 5.90. The number of likely N-dealkylation sites (tertiary alicyclic amines) is 1. The predicted molar refractivity (Wildman–Crippen MR) is 141 cm³/mol. The Morgan fingerprint density at radius 3 is 2.62 bits per heavy atom. The largest absolute Gasteiger partial charge is 0.347 e. The molecular formula is C24H22F5N5O3S2. The molecule has 0 bridgehead atoms. The summed E-state index contributed by atoms with van der Waals surface area (Å²) in [6.45, 7) is 5.53. The first kappa shape index (κ1) is 26.9. The number of hydrogen-bond donors (Lipinski definition) is 2. The molecule has 0 aliphatic carbocycles. The maximum absolute atomic E-state index is 13.3. The van der Waals surface area contributed by atoms with Gasteiger partial charge in [0.2, 0.25) is 5.91 Å². The van der Waals surface area contributed by atoms with Crippen LogP contribution in [0.15, 0.2) is 48.0 Å². The molecule has 208 valence electrons. The Bertz CT molecular complexity index is 1580. The Labute approximate surface area is 223 Å². The van der Waals surface area contributed by atoms with Gasteiger partial charge in [-0.2, -0.15) is 0 Å². The maximum atomic E-state index is 13.3. The number of pyridine rings is 1. The van der Waals surface area contributed by atoms with Crippen LogP contribution < -0.4 is 15.5 Å². The average molecular weight is 588 g/mol. The van der Waals surface area contributed by atoms with Gasteiger partial charge in [-0.15, -0.1) is 11.3 Å². The van der Waals surface area contributed by atoms with Gasteiger partial charge in [0.1, 0.15) is 14.6 Å². The molecule has 39 heavy (non-hydrogen) atoms. The lowest BCUT2D eigenvalue weighted by atomic mass is 10.1. The third-order valence-corrected chi connectivity index (χ3v) is 8.79. The normalized spacial score (nSPS) is 19.2. The van der Waals surface area contributed by atoms with Gasteiger partial charge >= 0.3 is 16.3 Å². The Hall–Kier alpha value is -3.72. The molecule has 2 aliphatic heterocycles. The molecular weight excluding hydrogens is 565 g/mol. The predicted octanol–water partition coefficient (Wildman–Crippen LogP) is 6.85. The van der Waals surface area contributed by atoms with E-state index in [0.717, 1.165) is 22.3 Å². The van der Waals surface area contributed by atoms with Crippen molar-refractivity contribution in [3.05, 3.63) is 53.6 Å². The van der Waals surface area contributed by atoms with Crippen molar-refractivity contribution in [3.8, 4) is 0 Å². The topological polar surface area (TPSA) is 94.6 Å². The lowest BCUT2D eigenvalue weighted by molar-refractivity contribution is -0.127. The van der Waals surface area contributed by atoms with Crippen molar-refractivity contribution in [1.82, 2.24) is 15.2 Å². The summed E-state index contributed by atoms with van der Waals surface area (Å²) in [6, 6.07) is 1.73. The van der Waals surface area contributed by atoms with E-state index in [4.69, 9.17) is 0 Å². The van der Waals surface area contributed by atoms with Gasteiger partial charge in [-0.1, -0.05) is 26.0 Å². The minimum absolute atomic E-state index is 0.0392. The van der Waals surface area contributed by atoms with E-state index in [-0.39, 0.29) is 45.5 Å². The van der Waals surface area contributed by atoms with Gasteiger partial charge in [0, 0.05) is 25.3 Å². The van der Waals surface area contributed by atoms with Crippen molar-refractivity contribution >= 4 is 66.7 Å². The first-order valence-electron chi connectivity index (χ1n) is 11.7. The van der Waals surface area contributed by atoms with Gasteiger partial charge < -0.3 is 15.5 Å². The van der Waals surface area contributed by atoms with Crippen molar-refractivity contribution in [2.45, 2.75) is 30.7 Å². The highest BCUT2D eigenvalue weighted by Gasteiger charge is 2.65. The average Bonchev–Trinajstić information content (AvgIpc) is 3.22. The molecule has 15 heteroatoms. The lowest BCUT2D eigenvalue weighted by Crippen LogP contribution is -2.49. The summed E-state index contributed by atoms with van der Waals surface area (Å²) < 4.78 is 66.6. The molecule has 4 amide bonds. The number of nitrogens with one attached hydrogen (secondary N) is 2. The molecule has 1 aromatic carbocycles. The third-order valence-electron chi connectivity index (χ3n) is 6.55. The summed E-state index contributed by atoms with van der Waals surface area (Å²) >= 11 is 1.01. The third kappa shape index (κ3) is 4.91. The Morgan fingerprint density at radius 2 is 1.95 bits per heavy atom. The van der Waals surface area contributed by atoms with E-state index in [1.54, 1.807) is 4.90 Å². The molecule has 0 radical (unpaired) electrons. The van der Waals surface area contributed by atoms with E-state index in [2.05, 4.69) is 22.2 Å². The van der Waals surface area contributed by atoms with Gasteiger partial charge in [0.15, 0.2) is 0 Å². The summed E-state index contributed by atoms with van der Waals surface area (Å²) in [4.78, 5) is 43.9. The van der Waals surface area contributed by atoms with Crippen LogP contribution in [-0.2, 0) is 4.79 Å².